The molecular weight excluding hydrogens is 316 g/mol. The summed E-state index contributed by atoms with van der Waals surface area (Å²) in [5.41, 5.74) is 0. The quantitative estimate of drug-likeness (QED) is 0.553. The average molecular weight is 351 g/mol. The second kappa shape index (κ2) is 10.4. The van der Waals surface area contributed by atoms with E-state index in [1.165, 1.54) is 32.2 Å². The van der Waals surface area contributed by atoms with Gasteiger partial charge < -0.3 is 15.2 Å². The molecule has 25 heavy (non-hydrogen) atoms. The van der Waals surface area contributed by atoms with Crippen LogP contribution >= 0.6 is 0 Å². The van der Waals surface area contributed by atoms with Gasteiger partial charge in [0.15, 0.2) is 11.8 Å². The van der Waals surface area contributed by atoms with Crippen LogP contribution in [-0.4, -0.2) is 60.3 Å². The van der Waals surface area contributed by atoms with Crippen molar-refractivity contribution in [3.63, 3.8) is 0 Å². The first kappa shape index (κ1) is 19.7. The minimum atomic E-state index is 0.293. The highest BCUT2D eigenvalue weighted by Gasteiger charge is 2.19. The van der Waals surface area contributed by atoms with E-state index in [0.717, 1.165) is 37.5 Å². The molecular formula is C18H34N6O. The van der Waals surface area contributed by atoms with Crippen LogP contribution in [0.3, 0.4) is 0 Å². The maximum Gasteiger partial charge on any atom is 0.228 e. The Bertz CT molecular complexity index is 527. The molecule has 2 N–H and O–H groups in total. The van der Waals surface area contributed by atoms with Crippen molar-refractivity contribution in [3.8, 4) is 0 Å². The monoisotopic (exact) mass is 350 g/mol. The summed E-state index contributed by atoms with van der Waals surface area (Å²) < 4.78 is 5.26. The van der Waals surface area contributed by atoms with E-state index in [4.69, 9.17) is 4.52 Å². The molecule has 0 spiro atoms. The molecule has 1 aliphatic heterocycles. The standard InChI is InChI=1S/C18H34N6O/c1-5-15-8-6-7-12-24(15)13-11-21-18(19-4)20-10-9-16-22-17(14(2)3)23-25-16/h14-15H,5-13H2,1-4H3,(H2,19,20,21). The summed E-state index contributed by atoms with van der Waals surface area (Å²) in [6, 6.07) is 0.748. The molecule has 7 heteroatoms. The van der Waals surface area contributed by atoms with Gasteiger partial charge in [0.2, 0.25) is 5.89 Å². The van der Waals surface area contributed by atoms with Gasteiger partial charge in [-0.2, -0.15) is 4.98 Å². The summed E-state index contributed by atoms with van der Waals surface area (Å²) in [6.07, 6.45) is 5.98. The minimum Gasteiger partial charge on any atom is -0.356 e. The van der Waals surface area contributed by atoms with Gasteiger partial charge in [-0.15, -0.1) is 0 Å². The Morgan fingerprint density at radius 2 is 2.12 bits per heavy atom. The Morgan fingerprint density at radius 1 is 1.32 bits per heavy atom. The fraction of sp³-hybridized carbons (Fsp3) is 0.833. The van der Waals surface area contributed by atoms with E-state index in [1.54, 1.807) is 7.05 Å². The molecule has 1 aromatic rings. The van der Waals surface area contributed by atoms with E-state index in [0.29, 0.717) is 18.2 Å². The second-order valence-electron chi connectivity index (χ2n) is 6.97. The smallest absolute Gasteiger partial charge is 0.228 e. The molecule has 1 saturated heterocycles. The molecule has 0 saturated carbocycles. The normalized spacial score (nSPS) is 19.4. The van der Waals surface area contributed by atoms with Crippen molar-refractivity contribution in [2.75, 3.05) is 33.2 Å². The lowest BCUT2D eigenvalue weighted by Crippen LogP contribution is -2.46. The van der Waals surface area contributed by atoms with Crippen molar-refractivity contribution in [3.05, 3.63) is 11.7 Å². The molecule has 1 unspecified atom stereocenters. The van der Waals surface area contributed by atoms with Crippen LogP contribution in [0, 0.1) is 0 Å². The second-order valence-corrected chi connectivity index (χ2v) is 6.97. The summed E-state index contributed by atoms with van der Waals surface area (Å²) in [6.45, 7) is 10.3. The van der Waals surface area contributed by atoms with E-state index in [2.05, 4.69) is 51.4 Å². The average Bonchev–Trinajstić information content (AvgIpc) is 3.10. The number of hydrogen-bond acceptors (Lipinski definition) is 5. The van der Waals surface area contributed by atoms with Crippen LogP contribution < -0.4 is 10.6 Å². The fourth-order valence-electron chi connectivity index (χ4n) is 3.25. The fourth-order valence-corrected chi connectivity index (χ4v) is 3.25. The summed E-state index contributed by atoms with van der Waals surface area (Å²) >= 11 is 0. The molecule has 0 radical (unpaired) electrons. The maximum atomic E-state index is 5.26. The minimum absolute atomic E-state index is 0.293. The first-order chi connectivity index (χ1) is 12.1. The third-order valence-electron chi connectivity index (χ3n) is 4.77. The number of guanidine groups is 1. The Labute approximate surface area is 151 Å². The number of piperidine rings is 1. The van der Waals surface area contributed by atoms with Crippen LogP contribution in [0.5, 0.6) is 0 Å². The van der Waals surface area contributed by atoms with E-state index in [1.807, 2.05) is 0 Å². The van der Waals surface area contributed by atoms with Crippen molar-refractivity contribution in [1.29, 1.82) is 0 Å². The van der Waals surface area contributed by atoms with E-state index in [-0.39, 0.29) is 0 Å². The van der Waals surface area contributed by atoms with Gasteiger partial charge in [0, 0.05) is 45.1 Å². The number of aliphatic imine (C=N–C) groups is 1. The number of hydrogen-bond donors (Lipinski definition) is 2. The van der Waals surface area contributed by atoms with Crippen molar-refractivity contribution in [2.24, 2.45) is 4.99 Å². The maximum absolute atomic E-state index is 5.26. The van der Waals surface area contributed by atoms with Crippen LogP contribution in [0.1, 0.15) is 64.1 Å². The summed E-state index contributed by atoms with van der Waals surface area (Å²) in [5.74, 6) is 2.56. The predicted molar refractivity (Wildman–Crippen MR) is 101 cm³/mol. The van der Waals surface area contributed by atoms with Crippen LogP contribution in [0.25, 0.3) is 0 Å². The highest BCUT2D eigenvalue weighted by molar-refractivity contribution is 5.79. The zero-order valence-corrected chi connectivity index (χ0v) is 16.2. The lowest BCUT2D eigenvalue weighted by atomic mass is 10.0. The van der Waals surface area contributed by atoms with Gasteiger partial charge in [-0.3, -0.25) is 9.89 Å². The first-order valence-corrected chi connectivity index (χ1v) is 9.65. The van der Waals surface area contributed by atoms with Gasteiger partial charge in [0.1, 0.15) is 0 Å². The Hall–Kier alpha value is -1.63. The van der Waals surface area contributed by atoms with Gasteiger partial charge in [-0.1, -0.05) is 32.3 Å². The molecule has 1 aliphatic rings. The first-order valence-electron chi connectivity index (χ1n) is 9.65. The molecule has 1 atom stereocenters. The van der Waals surface area contributed by atoms with Gasteiger partial charge in [-0.25, -0.2) is 0 Å². The van der Waals surface area contributed by atoms with Gasteiger partial charge >= 0.3 is 0 Å². The van der Waals surface area contributed by atoms with Crippen molar-refractivity contribution in [2.45, 2.75) is 64.8 Å². The zero-order valence-electron chi connectivity index (χ0n) is 16.2. The van der Waals surface area contributed by atoms with E-state index in [9.17, 15) is 0 Å². The van der Waals surface area contributed by atoms with E-state index < -0.39 is 0 Å². The van der Waals surface area contributed by atoms with Crippen LogP contribution in [0.2, 0.25) is 0 Å². The van der Waals surface area contributed by atoms with Crippen molar-refractivity contribution < 1.29 is 4.52 Å². The van der Waals surface area contributed by atoms with Gasteiger partial charge in [0.05, 0.1) is 0 Å². The van der Waals surface area contributed by atoms with Crippen LogP contribution in [0.15, 0.2) is 9.52 Å². The Kier molecular flexibility index (Phi) is 8.18. The lowest BCUT2D eigenvalue weighted by Gasteiger charge is -2.35. The summed E-state index contributed by atoms with van der Waals surface area (Å²) in [4.78, 5) is 11.3. The molecule has 0 aromatic carbocycles. The summed E-state index contributed by atoms with van der Waals surface area (Å²) in [5, 5.41) is 10.7. The third-order valence-corrected chi connectivity index (χ3v) is 4.77. The lowest BCUT2D eigenvalue weighted by molar-refractivity contribution is 0.147. The van der Waals surface area contributed by atoms with Crippen LogP contribution in [-0.2, 0) is 6.42 Å². The largest absolute Gasteiger partial charge is 0.356 e. The molecule has 2 heterocycles. The molecule has 1 fully saturated rings. The molecule has 142 valence electrons. The van der Waals surface area contributed by atoms with Crippen molar-refractivity contribution in [1.82, 2.24) is 25.7 Å². The number of aromatic nitrogens is 2. The molecule has 0 bridgehead atoms. The SMILES string of the molecule is CCC1CCCCN1CCNC(=NC)NCCc1nc(C(C)C)no1. The van der Waals surface area contributed by atoms with E-state index >= 15 is 0 Å². The highest BCUT2D eigenvalue weighted by atomic mass is 16.5. The number of rotatable bonds is 8. The predicted octanol–water partition coefficient (Wildman–Crippen LogP) is 2.17. The number of likely N-dealkylation sites (tertiary alicyclic amines) is 1. The van der Waals surface area contributed by atoms with Gasteiger partial charge in [0.25, 0.3) is 0 Å². The van der Waals surface area contributed by atoms with Crippen LogP contribution in [0.4, 0.5) is 0 Å². The molecule has 2 rings (SSSR count). The summed E-state index contributed by atoms with van der Waals surface area (Å²) in [7, 11) is 1.80. The van der Waals surface area contributed by atoms with Gasteiger partial charge in [-0.05, 0) is 25.8 Å². The number of nitrogens with zero attached hydrogens (tertiary/aromatic N) is 4. The van der Waals surface area contributed by atoms with Crippen molar-refractivity contribution >= 4 is 5.96 Å². The Morgan fingerprint density at radius 3 is 2.80 bits per heavy atom. The molecule has 0 aliphatic carbocycles. The topological polar surface area (TPSA) is 78.6 Å². The highest BCUT2D eigenvalue weighted by Crippen LogP contribution is 2.18. The number of nitrogens with one attached hydrogen (secondary N) is 2. The molecule has 1 aromatic heterocycles. The zero-order chi connectivity index (χ0) is 18.1. The molecule has 0 amide bonds. The Balaban J connectivity index is 1.66. The third kappa shape index (κ3) is 6.30. The molecule has 7 nitrogen and oxygen atoms in total.